The molecular formula is C46H72F12N6O11. The van der Waals surface area contributed by atoms with Gasteiger partial charge in [0.05, 0.1) is 5.41 Å². The number of ether oxygens (including phenoxy) is 1. The van der Waals surface area contributed by atoms with Crippen molar-refractivity contribution in [3.05, 3.63) is 29.3 Å². The Bertz CT molecular complexity index is 1760. The second-order valence-electron chi connectivity index (χ2n) is 17.7. The minimum Gasteiger partial charge on any atom is -0.475 e. The first kappa shape index (κ1) is 71.9. The largest absolute Gasteiger partial charge is 0.490 e. The SMILES string of the molecule is C[C@]1(C(=O)NCCCNCCCCCCCN)CCC[C@]2(C)c3cc(OC(=O)NCCCNCCCCCCCN)ccc3CC[C@@H]12.O=C(O)C(F)(F)F.O=C(O)C(F)(F)F.O=C(O)C(F)(F)F.O=C(O)C(F)(F)F. The predicted octanol–water partition coefficient (Wildman–Crippen LogP) is 8.21. The summed E-state index contributed by atoms with van der Waals surface area (Å²) in [5.74, 6) is -10.0. The molecule has 0 unspecified atom stereocenters. The van der Waals surface area contributed by atoms with Crippen LogP contribution in [-0.2, 0) is 35.8 Å². The first-order chi connectivity index (χ1) is 34.6. The van der Waals surface area contributed by atoms with E-state index in [4.69, 9.17) is 55.8 Å². The minimum absolute atomic E-state index is 0.129. The molecule has 2 aliphatic carbocycles. The number of hydrogen-bond donors (Lipinski definition) is 10. The summed E-state index contributed by atoms with van der Waals surface area (Å²) in [6.45, 7) is 11.2. The zero-order chi connectivity index (χ0) is 58.1. The summed E-state index contributed by atoms with van der Waals surface area (Å²) in [5.41, 5.74) is 13.1. The fourth-order valence-electron chi connectivity index (χ4n) is 8.04. The van der Waals surface area contributed by atoms with Crippen LogP contribution in [0.1, 0.15) is 128 Å². The lowest BCUT2D eigenvalue weighted by atomic mass is 9.49. The van der Waals surface area contributed by atoms with Crippen molar-refractivity contribution in [3.8, 4) is 5.75 Å². The molecule has 12 N–H and O–H groups in total. The van der Waals surface area contributed by atoms with Crippen molar-refractivity contribution in [2.75, 3.05) is 52.4 Å². The van der Waals surface area contributed by atoms with Gasteiger partial charge in [-0.25, -0.2) is 24.0 Å². The fourth-order valence-corrected chi connectivity index (χ4v) is 8.04. The Labute approximate surface area is 426 Å². The molecule has 1 aromatic rings. The van der Waals surface area contributed by atoms with Crippen molar-refractivity contribution in [2.24, 2.45) is 22.8 Å². The van der Waals surface area contributed by atoms with Gasteiger partial charge in [0.2, 0.25) is 5.91 Å². The number of aryl methyl sites for hydroxylation is 1. The van der Waals surface area contributed by atoms with Crippen LogP contribution in [0.25, 0.3) is 0 Å². The second-order valence-corrected chi connectivity index (χ2v) is 17.7. The molecule has 3 rings (SSSR count). The highest BCUT2D eigenvalue weighted by Gasteiger charge is 2.55. The van der Waals surface area contributed by atoms with Gasteiger partial charge in [-0.1, -0.05) is 64.9 Å². The third-order valence-corrected chi connectivity index (χ3v) is 11.8. The lowest BCUT2D eigenvalue weighted by Gasteiger charge is -2.54. The van der Waals surface area contributed by atoms with E-state index in [1.807, 2.05) is 6.07 Å². The highest BCUT2D eigenvalue weighted by molar-refractivity contribution is 5.83. The number of hydrogen-bond acceptors (Lipinski definition) is 11. The average molecular weight is 1110 g/mol. The highest BCUT2D eigenvalue weighted by atomic mass is 19.4. The third kappa shape index (κ3) is 31.5. The zero-order valence-corrected chi connectivity index (χ0v) is 41.8. The number of alkyl halides is 12. The van der Waals surface area contributed by atoms with Crippen LogP contribution in [0.3, 0.4) is 0 Å². The van der Waals surface area contributed by atoms with Crippen LogP contribution in [0.15, 0.2) is 18.2 Å². The number of amides is 2. The third-order valence-electron chi connectivity index (χ3n) is 11.8. The number of fused-ring (bicyclic) bond motifs is 3. The lowest BCUT2D eigenvalue weighted by molar-refractivity contribution is -0.193. The number of unbranched alkanes of at least 4 members (excludes halogenated alkanes) is 8. The van der Waals surface area contributed by atoms with Crippen molar-refractivity contribution >= 4 is 35.9 Å². The number of carbonyl (C=O) groups excluding carboxylic acids is 2. The smallest absolute Gasteiger partial charge is 0.475 e. The van der Waals surface area contributed by atoms with Gasteiger partial charge in [-0.2, -0.15) is 52.7 Å². The summed E-state index contributed by atoms with van der Waals surface area (Å²) < 4.78 is 133. The van der Waals surface area contributed by atoms with E-state index in [1.54, 1.807) is 0 Å². The van der Waals surface area contributed by atoms with E-state index in [0.29, 0.717) is 18.8 Å². The summed E-state index contributed by atoms with van der Waals surface area (Å²) in [6, 6.07) is 6.12. The van der Waals surface area contributed by atoms with Crippen LogP contribution in [0, 0.1) is 11.3 Å². The molecule has 436 valence electrons. The summed E-state index contributed by atoms with van der Waals surface area (Å²) in [4.78, 5) is 61.9. The molecule has 29 heteroatoms. The summed E-state index contributed by atoms with van der Waals surface area (Å²) in [7, 11) is 0. The van der Waals surface area contributed by atoms with E-state index < -0.39 is 60.1 Å². The van der Waals surface area contributed by atoms with Gasteiger partial charge in [-0.3, -0.25) is 4.79 Å². The van der Waals surface area contributed by atoms with Crippen molar-refractivity contribution in [3.63, 3.8) is 0 Å². The van der Waals surface area contributed by atoms with Crippen molar-refractivity contribution in [1.29, 1.82) is 0 Å². The van der Waals surface area contributed by atoms with Crippen molar-refractivity contribution < 1.29 is 107 Å². The minimum atomic E-state index is -5.08. The van der Waals surface area contributed by atoms with E-state index in [0.717, 1.165) is 97.1 Å². The predicted molar refractivity (Wildman–Crippen MR) is 249 cm³/mol. The molecule has 0 bridgehead atoms. The lowest BCUT2D eigenvalue weighted by Crippen LogP contribution is -2.55. The fraction of sp³-hybridized carbons (Fsp3) is 0.739. The number of aliphatic carboxylic acids is 4. The van der Waals surface area contributed by atoms with Crippen LogP contribution in [-0.4, -0.2) is 133 Å². The molecule has 75 heavy (non-hydrogen) atoms. The topological polar surface area (TPSA) is 293 Å². The van der Waals surface area contributed by atoms with Gasteiger partial charge >= 0.3 is 54.7 Å². The second kappa shape index (κ2) is 36.0. The number of nitrogens with one attached hydrogen (secondary N) is 4. The van der Waals surface area contributed by atoms with E-state index in [-0.39, 0.29) is 17.2 Å². The number of benzene rings is 1. The molecule has 0 aromatic heterocycles. The molecule has 0 spiro atoms. The zero-order valence-electron chi connectivity index (χ0n) is 41.8. The Hall–Kier alpha value is -5.16. The van der Waals surface area contributed by atoms with E-state index in [2.05, 4.69) is 47.2 Å². The number of carboxylic acid groups (broad SMARTS) is 4. The van der Waals surface area contributed by atoms with Gasteiger partial charge in [0.1, 0.15) is 5.75 Å². The van der Waals surface area contributed by atoms with Gasteiger partial charge < -0.3 is 57.9 Å². The standard InChI is InChI=1S/C38H68N6O3.4C2HF3O2/c1-37-20-13-21-38(2,35(45)43-28-14-26-41-24-11-7-3-5-9-22-39)34(37)19-17-31-16-18-32(30-33(31)37)47-36(46)44-29-15-27-42-25-12-8-4-6-10-23-40;4*3-2(4,5)1(6)7/h16,18,30,34,41-42H,3-15,17,19-29,39-40H2,1-2H3,(H,43,45)(H,44,46);4*(H,6,7)/t34-,37-,38+;;;;/m1..../s1. The molecular weight excluding hydrogens is 1040 g/mol. The van der Waals surface area contributed by atoms with Gasteiger partial charge in [-0.15, -0.1) is 0 Å². The molecule has 2 amide bonds. The molecule has 0 heterocycles. The molecule has 0 aliphatic heterocycles. The molecule has 2 aliphatic rings. The molecule has 1 aromatic carbocycles. The molecule has 0 saturated heterocycles. The highest BCUT2D eigenvalue weighted by Crippen LogP contribution is 2.57. The molecule has 1 fully saturated rings. The molecule has 3 atom stereocenters. The normalized spacial score (nSPS) is 17.9. The van der Waals surface area contributed by atoms with Gasteiger partial charge in [0.25, 0.3) is 0 Å². The van der Waals surface area contributed by atoms with Crippen LogP contribution in [0.4, 0.5) is 57.5 Å². The monoisotopic (exact) mass is 1110 g/mol. The first-order valence-electron chi connectivity index (χ1n) is 24.0. The van der Waals surface area contributed by atoms with Crippen LogP contribution >= 0.6 is 0 Å². The Morgan fingerprint density at radius 2 is 0.933 bits per heavy atom. The Morgan fingerprint density at radius 1 is 0.560 bits per heavy atom. The Morgan fingerprint density at radius 3 is 1.33 bits per heavy atom. The van der Waals surface area contributed by atoms with Gasteiger partial charge in [0.15, 0.2) is 0 Å². The summed E-state index contributed by atoms with van der Waals surface area (Å²) in [6.07, 6.45) is -1.95. The quantitative estimate of drug-likeness (QED) is 0.0345. The average Bonchev–Trinajstić information content (AvgIpc) is 3.29. The number of halogens is 12. The van der Waals surface area contributed by atoms with E-state index in [1.165, 1.54) is 62.5 Å². The number of nitrogens with two attached hydrogens (primary N) is 2. The maximum atomic E-state index is 13.7. The first-order valence-corrected chi connectivity index (χ1v) is 24.0. The maximum absolute atomic E-state index is 13.7. The molecule has 0 radical (unpaired) electrons. The van der Waals surface area contributed by atoms with Crippen LogP contribution < -0.4 is 37.5 Å². The van der Waals surface area contributed by atoms with Crippen LogP contribution in [0.5, 0.6) is 5.75 Å². The summed E-state index contributed by atoms with van der Waals surface area (Å²) in [5, 5.41) is 41.7. The van der Waals surface area contributed by atoms with Crippen LogP contribution in [0.2, 0.25) is 0 Å². The number of rotatable bonds is 24. The van der Waals surface area contributed by atoms with E-state index >= 15 is 0 Å². The molecule has 17 nitrogen and oxygen atoms in total. The molecule has 1 saturated carbocycles. The Balaban J connectivity index is 0. The summed E-state index contributed by atoms with van der Waals surface area (Å²) >= 11 is 0. The number of carboxylic acids is 4. The van der Waals surface area contributed by atoms with Crippen molar-refractivity contribution in [1.82, 2.24) is 21.3 Å². The van der Waals surface area contributed by atoms with Crippen molar-refractivity contribution in [2.45, 2.75) is 153 Å². The number of carbonyl (C=O) groups is 6. The Kier molecular flexibility index (Phi) is 34.5. The van der Waals surface area contributed by atoms with Gasteiger partial charge in [0, 0.05) is 13.1 Å². The maximum Gasteiger partial charge on any atom is 0.490 e. The van der Waals surface area contributed by atoms with E-state index in [9.17, 15) is 62.3 Å². The van der Waals surface area contributed by atoms with Gasteiger partial charge in [-0.05, 0) is 138 Å².